The molecule has 0 radical (unpaired) electrons. The van der Waals surface area contributed by atoms with Gasteiger partial charge in [0.15, 0.2) is 11.6 Å². The number of carbonyl (C=O) groups is 4. The van der Waals surface area contributed by atoms with Gasteiger partial charge < -0.3 is 34.8 Å². The first-order valence-electron chi connectivity index (χ1n) is 24.3. The lowest BCUT2D eigenvalue weighted by Gasteiger charge is -2.34. The number of ether oxygens (including phenoxy) is 2. The molecule has 0 aliphatic carbocycles. The number of alkyl carbamates (subject to hydrolysis) is 2. The van der Waals surface area contributed by atoms with Gasteiger partial charge in [-0.25, -0.2) is 19.6 Å². The molecule has 4 N–H and O–H groups in total. The quantitative estimate of drug-likeness (QED) is 0.0879. The maximum Gasteiger partial charge on any atom is 0.407 e. The number of amides is 4. The van der Waals surface area contributed by atoms with Gasteiger partial charge in [0.05, 0.1) is 38.4 Å². The minimum Gasteiger partial charge on any atom is -0.453 e. The van der Waals surface area contributed by atoms with Crippen molar-refractivity contribution < 1.29 is 28.7 Å². The van der Waals surface area contributed by atoms with Crippen LogP contribution in [0.25, 0.3) is 22.8 Å². The molecule has 4 unspecified atom stereocenters. The number of H-pyrrole nitrogens is 2. The maximum atomic E-state index is 13.7. The zero-order valence-corrected chi connectivity index (χ0v) is 41.3. The third kappa shape index (κ3) is 10.3. The topological polar surface area (TPSA) is 204 Å². The van der Waals surface area contributed by atoms with Gasteiger partial charge in [-0.05, 0) is 84.6 Å². The minimum absolute atomic E-state index is 0.0158. The molecule has 0 spiro atoms. The molecule has 3 saturated heterocycles. The predicted molar refractivity (Wildman–Crippen MR) is 262 cm³/mol. The van der Waals surface area contributed by atoms with Crippen molar-refractivity contribution in [3.63, 3.8) is 0 Å². The standard InChI is InChI=1S/C52H67N11O6/c1-30(2)42(53-50(66)68-8)48(64)61-28-10-12-40(61)46-55-44(57-59-46)34-18-14-32(15-19-34)38-26-27-39(63(38)37-24-22-36(23-25-37)52(5,6)7)33-16-20-35(21-17-33)45-56-47(60-58-45)41-13-11-29-62(41)49(65)43(31(3)4)54-51(67)69-9/h14-25,30-31,38-43H,10-13,26-29H2,1-9H3,(H,53,66)(H,54,67)(H,55,57,59)(H,56,58,60)/t38?,39?,40-,41?,42-,43?/m0/s1. The third-order valence-electron chi connectivity index (χ3n) is 14.0. The lowest BCUT2D eigenvalue weighted by atomic mass is 9.87. The van der Waals surface area contributed by atoms with Gasteiger partial charge in [0.25, 0.3) is 0 Å². The summed E-state index contributed by atoms with van der Waals surface area (Å²) in [4.78, 5) is 67.6. The molecule has 3 aliphatic heterocycles. The fourth-order valence-corrected chi connectivity index (χ4v) is 10.2. The van der Waals surface area contributed by atoms with Crippen LogP contribution in [0.5, 0.6) is 0 Å². The van der Waals surface area contributed by atoms with E-state index in [0.717, 1.165) is 55.3 Å². The monoisotopic (exact) mass is 942 g/mol. The van der Waals surface area contributed by atoms with E-state index in [4.69, 9.17) is 19.4 Å². The van der Waals surface area contributed by atoms with E-state index in [1.165, 1.54) is 30.9 Å². The summed E-state index contributed by atoms with van der Waals surface area (Å²) in [5.41, 5.74) is 6.55. The number of anilines is 1. The normalized spacial score (nSPS) is 20.4. The number of methoxy groups -OCH3 is 2. The molecule has 3 aromatic carbocycles. The van der Waals surface area contributed by atoms with Crippen molar-refractivity contribution in [3.05, 3.63) is 101 Å². The van der Waals surface area contributed by atoms with Crippen LogP contribution < -0.4 is 15.5 Å². The molecule has 3 fully saturated rings. The van der Waals surface area contributed by atoms with E-state index in [9.17, 15) is 19.2 Å². The van der Waals surface area contributed by atoms with Crippen molar-refractivity contribution in [2.24, 2.45) is 11.8 Å². The molecule has 8 rings (SSSR count). The smallest absolute Gasteiger partial charge is 0.407 e. The fourth-order valence-electron chi connectivity index (χ4n) is 10.2. The molecule has 69 heavy (non-hydrogen) atoms. The Morgan fingerprint density at radius 3 is 1.36 bits per heavy atom. The summed E-state index contributed by atoms with van der Waals surface area (Å²) in [5.74, 6) is 1.78. The number of hydrogen-bond acceptors (Lipinski definition) is 11. The van der Waals surface area contributed by atoms with Crippen LogP contribution in [0.1, 0.15) is 139 Å². The molecule has 5 heterocycles. The minimum atomic E-state index is -0.718. The number of carbonyl (C=O) groups excluding carboxylic acids is 4. The lowest BCUT2D eigenvalue weighted by Crippen LogP contribution is -2.51. The Hall–Kier alpha value is -6.78. The van der Waals surface area contributed by atoms with Gasteiger partial charge in [-0.2, -0.15) is 10.2 Å². The molecule has 5 aromatic rings. The van der Waals surface area contributed by atoms with Crippen LogP contribution in [0.15, 0.2) is 72.8 Å². The summed E-state index contributed by atoms with van der Waals surface area (Å²) in [7, 11) is 2.58. The second kappa shape index (κ2) is 20.4. The summed E-state index contributed by atoms with van der Waals surface area (Å²) in [6.07, 6.45) is 3.73. The summed E-state index contributed by atoms with van der Waals surface area (Å²) >= 11 is 0. The SMILES string of the molecule is COC(=O)NC(C(=O)N1CCCC1c1nc(-c2ccc(C3CCC(c4ccc(-c5n[nH]c([C@@H]6CCCN6C(=O)[C@@H](NC(=O)OC)C(C)C)n5)cc4)N3c3ccc(C(C)(C)C)cc3)cc2)n[nH]1)C(C)C. The molecule has 17 nitrogen and oxygen atoms in total. The summed E-state index contributed by atoms with van der Waals surface area (Å²) < 4.78 is 9.60. The Kier molecular flexibility index (Phi) is 14.4. The number of nitrogens with one attached hydrogen (secondary N) is 4. The van der Waals surface area contributed by atoms with E-state index in [0.29, 0.717) is 36.4 Å². The number of nitrogens with zero attached hydrogens (tertiary/aromatic N) is 7. The van der Waals surface area contributed by atoms with Crippen molar-refractivity contribution >= 4 is 29.7 Å². The van der Waals surface area contributed by atoms with Crippen molar-refractivity contribution in [2.75, 3.05) is 32.2 Å². The molecule has 366 valence electrons. The highest BCUT2D eigenvalue weighted by molar-refractivity contribution is 5.87. The largest absolute Gasteiger partial charge is 0.453 e. The van der Waals surface area contributed by atoms with Gasteiger partial charge in [0, 0.05) is 29.9 Å². The zero-order chi connectivity index (χ0) is 49.1. The van der Waals surface area contributed by atoms with Crippen LogP contribution in [0.2, 0.25) is 0 Å². The van der Waals surface area contributed by atoms with Crippen LogP contribution in [0.3, 0.4) is 0 Å². The van der Waals surface area contributed by atoms with Crippen molar-refractivity contribution in [3.8, 4) is 22.8 Å². The van der Waals surface area contributed by atoms with E-state index < -0.39 is 24.3 Å². The number of likely N-dealkylation sites (tertiary alicyclic amines) is 2. The van der Waals surface area contributed by atoms with Crippen molar-refractivity contribution in [1.29, 1.82) is 0 Å². The van der Waals surface area contributed by atoms with Gasteiger partial charge >= 0.3 is 12.2 Å². The highest BCUT2D eigenvalue weighted by Crippen LogP contribution is 2.48. The summed E-state index contributed by atoms with van der Waals surface area (Å²) in [5, 5.41) is 20.9. The van der Waals surface area contributed by atoms with E-state index >= 15 is 0 Å². The maximum absolute atomic E-state index is 13.7. The Morgan fingerprint density at radius 1 is 0.594 bits per heavy atom. The van der Waals surface area contributed by atoms with Gasteiger partial charge in [0.1, 0.15) is 23.7 Å². The molecule has 4 amide bonds. The van der Waals surface area contributed by atoms with Gasteiger partial charge in [-0.3, -0.25) is 19.8 Å². The average Bonchev–Trinajstić information content (AvgIpc) is 4.21. The Balaban J connectivity index is 1.00. The van der Waals surface area contributed by atoms with Gasteiger partial charge in [-0.1, -0.05) is 109 Å². The highest BCUT2D eigenvalue weighted by atomic mass is 16.5. The first kappa shape index (κ1) is 48.7. The van der Waals surface area contributed by atoms with Crippen LogP contribution in [0.4, 0.5) is 15.3 Å². The van der Waals surface area contributed by atoms with Crippen LogP contribution in [-0.4, -0.2) is 104 Å². The molecule has 3 aliphatic rings. The van der Waals surface area contributed by atoms with Crippen LogP contribution >= 0.6 is 0 Å². The second-order valence-electron chi connectivity index (χ2n) is 20.2. The molecular formula is C52H67N11O6. The third-order valence-corrected chi connectivity index (χ3v) is 14.0. The average molecular weight is 942 g/mol. The zero-order valence-electron chi connectivity index (χ0n) is 41.3. The Labute approximate surface area is 404 Å². The van der Waals surface area contributed by atoms with E-state index in [1.807, 2.05) is 27.7 Å². The van der Waals surface area contributed by atoms with Crippen molar-refractivity contribution in [2.45, 2.75) is 129 Å². The Bertz CT molecular complexity index is 2430. The number of aromatic amines is 2. The van der Waals surface area contributed by atoms with Crippen LogP contribution in [-0.2, 0) is 24.5 Å². The molecule has 0 saturated carbocycles. The van der Waals surface area contributed by atoms with E-state index in [1.54, 1.807) is 9.80 Å². The molecule has 17 heteroatoms. The predicted octanol–water partition coefficient (Wildman–Crippen LogP) is 8.73. The van der Waals surface area contributed by atoms with Crippen molar-refractivity contribution in [1.82, 2.24) is 50.8 Å². The molecular weight excluding hydrogens is 875 g/mol. The fraction of sp³-hybridized carbons (Fsp3) is 0.500. The number of rotatable bonds is 13. The summed E-state index contributed by atoms with van der Waals surface area (Å²) in [6.45, 7) is 15.4. The number of benzene rings is 3. The highest BCUT2D eigenvalue weighted by Gasteiger charge is 2.40. The number of aromatic nitrogens is 6. The number of hydrogen-bond donors (Lipinski definition) is 4. The Morgan fingerprint density at radius 2 is 1.00 bits per heavy atom. The van der Waals surface area contributed by atoms with E-state index in [2.05, 4.69) is 129 Å². The van der Waals surface area contributed by atoms with Gasteiger partial charge in [-0.15, -0.1) is 0 Å². The second-order valence-corrected chi connectivity index (χ2v) is 20.2. The lowest BCUT2D eigenvalue weighted by molar-refractivity contribution is -0.136. The van der Waals surface area contributed by atoms with Crippen LogP contribution in [0, 0.1) is 11.8 Å². The molecule has 0 bridgehead atoms. The van der Waals surface area contributed by atoms with E-state index in [-0.39, 0.29) is 53.2 Å². The summed E-state index contributed by atoms with van der Waals surface area (Å²) in [6, 6.07) is 24.2. The molecule has 2 aromatic heterocycles. The first-order valence-corrected chi connectivity index (χ1v) is 24.3. The first-order chi connectivity index (χ1) is 33.1. The van der Waals surface area contributed by atoms with Gasteiger partial charge in [0.2, 0.25) is 11.8 Å². The molecule has 6 atom stereocenters.